The van der Waals surface area contributed by atoms with Gasteiger partial charge in [-0.2, -0.15) is 0 Å². The Morgan fingerprint density at radius 3 is 2.71 bits per heavy atom. The lowest BCUT2D eigenvalue weighted by molar-refractivity contribution is 0.245. The largest absolute Gasteiger partial charge is 0.363 e. The van der Waals surface area contributed by atoms with E-state index in [0.29, 0.717) is 12.6 Å². The van der Waals surface area contributed by atoms with Gasteiger partial charge in [-0.15, -0.1) is 0 Å². The summed E-state index contributed by atoms with van der Waals surface area (Å²) in [7, 11) is 5.82. The topological polar surface area (TPSA) is 55.8 Å². The van der Waals surface area contributed by atoms with E-state index >= 15 is 0 Å². The number of nitrogens with one attached hydrogen (secondary N) is 2. The zero-order valence-corrected chi connectivity index (χ0v) is 17.2. The summed E-state index contributed by atoms with van der Waals surface area (Å²) in [6, 6.07) is 17.3. The molecular formula is C22H32N6. The molecule has 2 heterocycles. The SMILES string of the molecule is CN=C(NCc1cccc(N(C)C)n1)NCC1CCCN1Cc1ccccc1. The minimum atomic E-state index is 0.536. The highest BCUT2D eigenvalue weighted by molar-refractivity contribution is 5.79. The van der Waals surface area contributed by atoms with Gasteiger partial charge in [0.1, 0.15) is 5.82 Å². The normalized spacial score (nSPS) is 17.5. The average molecular weight is 381 g/mol. The van der Waals surface area contributed by atoms with Gasteiger partial charge in [0.25, 0.3) is 0 Å². The van der Waals surface area contributed by atoms with Gasteiger partial charge in [-0.3, -0.25) is 9.89 Å². The maximum absolute atomic E-state index is 4.65. The fraction of sp³-hybridized carbons (Fsp3) is 0.455. The molecule has 1 unspecified atom stereocenters. The first kappa shape index (κ1) is 20.1. The third kappa shape index (κ3) is 5.70. The van der Waals surface area contributed by atoms with Crippen LogP contribution < -0.4 is 15.5 Å². The molecule has 1 aliphatic heterocycles. The second-order valence-electron chi connectivity index (χ2n) is 7.44. The van der Waals surface area contributed by atoms with Crippen molar-refractivity contribution in [2.75, 3.05) is 39.1 Å². The van der Waals surface area contributed by atoms with Crippen LogP contribution in [-0.4, -0.2) is 56.1 Å². The molecule has 150 valence electrons. The number of rotatable bonds is 7. The van der Waals surface area contributed by atoms with Crippen LogP contribution in [0.2, 0.25) is 0 Å². The van der Waals surface area contributed by atoms with E-state index in [0.717, 1.165) is 37.1 Å². The quantitative estimate of drug-likeness (QED) is 0.571. The van der Waals surface area contributed by atoms with Crippen molar-refractivity contribution in [1.82, 2.24) is 20.5 Å². The summed E-state index contributed by atoms with van der Waals surface area (Å²) < 4.78 is 0. The van der Waals surface area contributed by atoms with E-state index < -0.39 is 0 Å². The molecule has 0 amide bonds. The van der Waals surface area contributed by atoms with Crippen LogP contribution in [0.15, 0.2) is 53.5 Å². The Kier molecular flexibility index (Phi) is 7.25. The molecule has 2 aromatic rings. The van der Waals surface area contributed by atoms with Gasteiger partial charge < -0.3 is 15.5 Å². The molecule has 0 bridgehead atoms. The van der Waals surface area contributed by atoms with Gasteiger partial charge in [0.2, 0.25) is 0 Å². The van der Waals surface area contributed by atoms with Crippen molar-refractivity contribution in [3.8, 4) is 0 Å². The fourth-order valence-electron chi connectivity index (χ4n) is 3.58. The molecule has 1 aromatic heterocycles. The molecule has 0 aliphatic carbocycles. The van der Waals surface area contributed by atoms with Crippen molar-refractivity contribution in [2.45, 2.75) is 32.0 Å². The van der Waals surface area contributed by atoms with Crippen molar-refractivity contribution in [2.24, 2.45) is 4.99 Å². The number of anilines is 1. The smallest absolute Gasteiger partial charge is 0.191 e. The lowest BCUT2D eigenvalue weighted by atomic mass is 10.2. The summed E-state index contributed by atoms with van der Waals surface area (Å²) in [5, 5.41) is 6.87. The molecule has 0 radical (unpaired) electrons. The monoisotopic (exact) mass is 380 g/mol. The number of likely N-dealkylation sites (tertiary alicyclic amines) is 1. The lowest BCUT2D eigenvalue weighted by Crippen LogP contribution is -2.44. The maximum Gasteiger partial charge on any atom is 0.191 e. The number of aromatic nitrogens is 1. The molecule has 6 nitrogen and oxygen atoms in total. The van der Waals surface area contributed by atoms with Crippen LogP contribution in [0, 0.1) is 0 Å². The highest BCUT2D eigenvalue weighted by Crippen LogP contribution is 2.19. The molecule has 28 heavy (non-hydrogen) atoms. The third-order valence-electron chi connectivity index (χ3n) is 5.14. The Morgan fingerprint density at radius 2 is 1.96 bits per heavy atom. The van der Waals surface area contributed by atoms with E-state index in [1.165, 1.54) is 18.4 Å². The van der Waals surface area contributed by atoms with Crippen molar-refractivity contribution < 1.29 is 0 Å². The highest BCUT2D eigenvalue weighted by Gasteiger charge is 2.24. The van der Waals surface area contributed by atoms with Crippen LogP contribution in [0.3, 0.4) is 0 Å². The summed E-state index contributed by atoms with van der Waals surface area (Å²) in [5.74, 6) is 1.79. The zero-order valence-electron chi connectivity index (χ0n) is 17.2. The van der Waals surface area contributed by atoms with E-state index in [1.807, 2.05) is 44.2 Å². The first-order valence-corrected chi connectivity index (χ1v) is 10.0. The molecule has 0 spiro atoms. The Morgan fingerprint density at radius 1 is 1.14 bits per heavy atom. The Bertz CT molecular complexity index is 759. The maximum atomic E-state index is 4.65. The number of nitrogens with zero attached hydrogens (tertiary/aromatic N) is 4. The Labute approximate surface area is 168 Å². The summed E-state index contributed by atoms with van der Waals surface area (Å²) in [4.78, 5) is 13.6. The van der Waals surface area contributed by atoms with E-state index in [9.17, 15) is 0 Å². The van der Waals surface area contributed by atoms with Crippen molar-refractivity contribution in [3.63, 3.8) is 0 Å². The number of guanidine groups is 1. The number of aliphatic imine (C=N–C) groups is 1. The van der Waals surface area contributed by atoms with Gasteiger partial charge in [0.15, 0.2) is 5.96 Å². The Balaban J connectivity index is 1.49. The van der Waals surface area contributed by atoms with Crippen molar-refractivity contribution in [3.05, 3.63) is 59.8 Å². The average Bonchev–Trinajstić information content (AvgIpc) is 3.16. The molecule has 6 heteroatoms. The number of pyridine rings is 1. The predicted octanol–water partition coefficient (Wildman–Crippen LogP) is 2.48. The summed E-state index contributed by atoms with van der Waals surface area (Å²) in [5.41, 5.74) is 2.38. The third-order valence-corrected chi connectivity index (χ3v) is 5.14. The number of benzene rings is 1. The molecule has 0 saturated carbocycles. The van der Waals surface area contributed by atoms with Gasteiger partial charge >= 0.3 is 0 Å². The standard InChI is InChI=1S/C22H32N6/c1-23-22(24-15-19-11-7-13-21(26-19)27(2)3)25-16-20-12-8-14-28(20)17-18-9-5-4-6-10-18/h4-7,9-11,13,20H,8,12,14-17H2,1-3H3,(H2,23,24,25). The molecule has 1 atom stereocenters. The minimum absolute atomic E-state index is 0.536. The predicted molar refractivity (Wildman–Crippen MR) is 117 cm³/mol. The zero-order chi connectivity index (χ0) is 19.8. The molecular weight excluding hydrogens is 348 g/mol. The van der Waals surface area contributed by atoms with Crippen molar-refractivity contribution >= 4 is 11.8 Å². The van der Waals surface area contributed by atoms with E-state index in [-0.39, 0.29) is 0 Å². The van der Waals surface area contributed by atoms with Gasteiger partial charge in [-0.05, 0) is 37.1 Å². The molecule has 1 aliphatic rings. The van der Waals surface area contributed by atoms with Gasteiger partial charge in [0, 0.05) is 40.3 Å². The van der Waals surface area contributed by atoms with Crippen LogP contribution in [0.25, 0.3) is 0 Å². The highest BCUT2D eigenvalue weighted by atomic mass is 15.2. The van der Waals surface area contributed by atoms with Crippen molar-refractivity contribution in [1.29, 1.82) is 0 Å². The van der Waals surface area contributed by atoms with E-state index in [2.05, 4.69) is 55.8 Å². The molecule has 3 rings (SSSR count). The van der Waals surface area contributed by atoms with Crippen LogP contribution in [0.5, 0.6) is 0 Å². The first-order valence-electron chi connectivity index (χ1n) is 10.0. The number of hydrogen-bond donors (Lipinski definition) is 2. The summed E-state index contributed by atoms with van der Waals surface area (Å²) >= 11 is 0. The second-order valence-corrected chi connectivity index (χ2v) is 7.44. The van der Waals surface area contributed by atoms with Gasteiger partial charge in [0.05, 0.1) is 12.2 Å². The summed E-state index contributed by atoms with van der Waals surface area (Å²) in [6.45, 7) is 3.73. The van der Waals surface area contributed by atoms with E-state index in [1.54, 1.807) is 0 Å². The molecule has 1 aromatic carbocycles. The second kappa shape index (κ2) is 10.1. The molecule has 1 fully saturated rings. The van der Waals surface area contributed by atoms with Crippen LogP contribution in [-0.2, 0) is 13.1 Å². The van der Waals surface area contributed by atoms with Gasteiger partial charge in [-0.1, -0.05) is 36.4 Å². The van der Waals surface area contributed by atoms with Gasteiger partial charge in [-0.25, -0.2) is 4.98 Å². The molecule has 2 N–H and O–H groups in total. The lowest BCUT2D eigenvalue weighted by Gasteiger charge is -2.25. The Hall–Kier alpha value is -2.60. The van der Waals surface area contributed by atoms with E-state index in [4.69, 9.17) is 0 Å². The summed E-state index contributed by atoms with van der Waals surface area (Å²) in [6.07, 6.45) is 2.48. The first-order chi connectivity index (χ1) is 13.7. The number of hydrogen-bond acceptors (Lipinski definition) is 4. The molecule has 1 saturated heterocycles. The fourth-order valence-corrected chi connectivity index (χ4v) is 3.58. The van der Waals surface area contributed by atoms with Crippen LogP contribution in [0.4, 0.5) is 5.82 Å². The minimum Gasteiger partial charge on any atom is -0.363 e. The van der Waals surface area contributed by atoms with Crippen LogP contribution in [0.1, 0.15) is 24.1 Å². The van der Waals surface area contributed by atoms with Crippen LogP contribution >= 0.6 is 0 Å².